The Kier molecular flexibility index (Phi) is 5.06. The third-order valence-electron chi connectivity index (χ3n) is 4.78. The summed E-state index contributed by atoms with van der Waals surface area (Å²) in [7, 11) is 3.92. The highest BCUT2D eigenvalue weighted by atomic mass is 19.1. The molecule has 0 unspecified atom stereocenters. The summed E-state index contributed by atoms with van der Waals surface area (Å²) in [6, 6.07) is 19.9. The second kappa shape index (κ2) is 7.83. The van der Waals surface area contributed by atoms with Gasteiger partial charge in [0.1, 0.15) is 23.1 Å². The zero-order chi connectivity index (χ0) is 21.3. The third kappa shape index (κ3) is 3.80. The molecule has 1 aliphatic rings. The molecule has 0 aliphatic carbocycles. The molecule has 1 aliphatic heterocycles. The number of aromatic hydroxyl groups is 1. The Bertz CT molecular complexity index is 1130. The highest BCUT2D eigenvalue weighted by molar-refractivity contribution is 6.33. The van der Waals surface area contributed by atoms with Crippen LogP contribution in [0.3, 0.4) is 0 Å². The number of phenolic OH excluding ortho intramolecular Hbond substituents is 1. The maximum absolute atomic E-state index is 13.4. The Morgan fingerprint density at radius 1 is 0.933 bits per heavy atom. The molecule has 1 amide bonds. The molecule has 0 atom stereocenters. The van der Waals surface area contributed by atoms with Crippen molar-refractivity contribution in [3.05, 3.63) is 95.4 Å². The van der Waals surface area contributed by atoms with Gasteiger partial charge < -0.3 is 10.0 Å². The minimum absolute atomic E-state index is 0.0995. The van der Waals surface area contributed by atoms with Crippen molar-refractivity contribution >= 4 is 29.2 Å². The summed E-state index contributed by atoms with van der Waals surface area (Å²) in [6.07, 6.45) is 1.73. The van der Waals surface area contributed by atoms with E-state index in [1.165, 1.54) is 29.2 Å². The average molecular weight is 401 g/mol. The van der Waals surface area contributed by atoms with Crippen LogP contribution in [0.2, 0.25) is 0 Å². The molecule has 0 saturated carbocycles. The van der Waals surface area contributed by atoms with Gasteiger partial charge in [0.05, 0.1) is 5.69 Å². The van der Waals surface area contributed by atoms with Gasteiger partial charge in [-0.1, -0.05) is 12.1 Å². The highest BCUT2D eigenvalue weighted by Gasteiger charge is 2.32. The molecule has 0 aromatic heterocycles. The molecule has 30 heavy (non-hydrogen) atoms. The molecule has 6 heteroatoms. The predicted molar refractivity (Wildman–Crippen MR) is 117 cm³/mol. The Hall–Kier alpha value is -3.93. The van der Waals surface area contributed by atoms with Gasteiger partial charge in [0, 0.05) is 25.3 Å². The molecule has 1 N–H and O–H groups in total. The number of aliphatic imine (C=N–C) groups is 1. The van der Waals surface area contributed by atoms with Crippen LogP contribution < -0.4 is 9.80 Å². The summed E-state index contributed by atoms with van der Waals surface area (Å²) in [4.78, 5) is 21.2. The maximum atomic E-state index is 13.4. The van der Waals surface area contributed by atoms with E-state index in [4.69, 9.17) is 0 Å². The van der Waals surface area contributed by atoms with Crippen LogP contribution in [0.15, 0.2) is 83.5 Å². The standard InChI is InChI=1S/C24H20FN3O2/c1-27(2)19-9-3-16(4-10-19)15-22-24(30)28(20-11-13-21(29)14-12-20)23(26-22)17-5-7-18(25)8-6-17/h3-15,29H,1-2H3/b22-15+. The van der Waals surface area contributed by atoms with Crippen LogP contribution in [-0.2, 0) is 4.79 Å². The summed E-state index contributed by atoms with van der Waals surface area (Å²) in [5.74, 6) is -0.155. The molecular formula is C24H20FN3O2. The number of amidine groups is 1. The van der Waals surface area contributed by atoms with Crippen LogP contribution in [-0.4, -0.2) is 30.9 Å². The van der Waals surface area contributed by atoms with Crippen LogP contribution in [0.25, 0.3) is 6.08 Å². The number of anilines is 2. The van der Waals surface area contributed by atoms with Gasteiger partial charge in [-0.25, -0.2) is 9.38 Å². The third-order valence-corrected chi connectivity index (χ3v) is 4.78. The fourth-order valence-electron chi connectivity index (χ4n) is 3.18. The van der Waals surface area contributed by atoms with E-state index in [1.54, 1.807) is 30.3 Å². The van der Waals surface area contributed by atoms with Crippen molar-refractivity contribution < 1.29 is 14.3 Å². The van der Waals surface area contributed by atoms with E-state index in [0.717, 1.165) is 11.3 Å². The quantitative estimate of drug-likeness (QED) is 0.658. The smallest absolute Gasteiger partial charge is 0.282 e. The molecule has 5 nitrogen and oxygen atoms in total. The number of hydrogen-bond acceptors (Lipinski definition) is 4. The zero-order valence-electron chi connectivity index (χ0n) is 16.6. The highest BCUT2D eigenvalue weighted by Crippen LogP contribution is 2.29. The van der Waals surface area contributed by atoms with E-state index < -0.39 is 0 Å². The van der Waals surface area contributed by atoms with Gasteiger partial charge in [0.15, 0.2) is 0 Å². The van der Waals surface area contributed by atoms with Crippen molar-refractivity contribution in [1.82, 2.24) is 0 Å². The topological polar surface area (TPSA) is 56.1 Å². The van der Waals surface area contributed by atoms with E-state index in [-0.39, 0.29) is 23.2 Å². The lowest BCUT2D eigenvalue weighted by atomic mass is 10.1. The lowest BCUT2D eigenvalue weighted by molar-refractivity contribution is -0.113. The minimum Gasteiger partial charge on any atom is -0.508 e. The second-order valence-corrected chi connectivity index (χ2v) is 7.11. The van der Waals surface area contributed by atoms with Crippen molar-refractivity contribution in [2.24, 2.45) is 4.99 Å². The number of phenols is 1. The zero-order valence-corrected chi connectivity index (χ0v) is 16.6. The largest absolute Gasteiger partial charge is 0.508 e. The summed E-state index contributed by atoms with van der Waals surface area (Å²) in [5, 5.41) is 9.60. The average Bonchev–Trinajstić information content (AvgIpc) is 3.06. The van der Waals surface area contributed by atoms with Crippen molar-refractivity contribution in [3.8, 4) is 5.75 Å². The van der Waals surface area contributed by atoms with Crippen LogP contribution in [0.4, 0.5) is 15.8 Å². The van der Waals surface area contributed by atoms with Crippen LogP contribution in [0, 0.1) is 5.82 Å². The van der Waals surface area contributed by atoms with E-state index in [2.05, 4.69) is 4.99 Å². The first-order valence-corrected chi connectivity index (χ1v) is 9.39. The number of nitrogens with zero attached hydrogens (tertiary/aromatic N) is 3. The Balaban J connectivity index is 1.77. The molecule has 3 aromatic rings. The van der Waals surface area contributed by atoms with Gasteiger partial charge in [-0.3, -0.25) is 9.69 Å². The van der Waals surface area contributed by atoms with Crippen molar-refractivity contribution in [2.45, 2.75) is 0 Å². The van der Waals surface area contributed by atoms with Crippen molar-refractivity contribution in [3.63, 3.8) is 0 Å². The van der Waals surface area contributed by atoms with E-state index >= 15 is 0 Å². The molecule has 150 valence electrons. The van der Waals surface area contributed by atoms with Gasteiger partial charge in [-0.05, 0) is 72.3 Å². The number of benzene rings is 3. The van der Waals surface area contributed by atoms with E-state index in [1.807, 2.05) is 43.3 Å². The molecule has 0 fully saturated rings. The van der Waals surface area contributed by atoms with Gasteiger partial charge in [0.25, 0.3) is 5.91 Å². The number of amides is 1. The number of rotatable bonds is 4. The fourth-order valence-corrected chi connectivity index (χ4v) is 3.18. The normalized spacial score (nSPS) is 14.9. The van der Waals surface area contributed by atoms with Gasteiger partial charge >= 0.3 is 0 Å². The molecule has 0 spiro atoms. The van der Waals surface area contributed by atoms with Crippen LogP contribution >= 0.6 is 0 Å². The lowest BCUT2D eigenvalue weighted by Gasteiger charge is -2.18. The molecule has 1 heterocycles. The summed E-state index contributed by atoms with van der Waals surface area (Å²) >= 11 is 0. The molecule has 4 rings (SSSR count). The molecule has 0 radical (unpaired) electrons. The lowest BCUT2D eigenvalue weighted by Crippen LogP contribution is -2.32. The first kappa shape index (κ1) is 19.4. The predicted octanol–water partition coefficient (Wildman–Crippen LogP) is 4.43. The fraction of sp³-hybridized carbons (Fsp3) is 0.0833. The molecule has 3 aromatic carbocycles. The number of hydrogen-bond donors (Lipinski definition) is 1. The Morgan fingerprint density at radius 2 is 1.57 bits per heavy atom. The van der Waals surface area contributed by atoms with Crippen LogP contribution in [0.5, 0.6) is 5.75 Å². The minimum atomic E-state index is -0.364. The molecule has 0 saturated heterocycles. The van der Waals surface area contributed by atoms with E-state index in [9.17, 15) is 14.3 Å². The van der Waals surface area contributed by atoms with Gasteiger partial charge in [-0.2, -0.15) is 0 Å². The Morgan fingerprint density at radius 3 is 2.17 bits per heavy atom. The Labute approximate surface area is 174 Å². The maximum Gasteiger partial charge on any atom is 0.282 e. The van der Waals surface area contributed by atoms with E-state index in [0.29, 0.717) is 17.1 Å². The van der Waals surface area contributed by atoms with Crippen LogP contribution in [0.1, 0.15) is 11.1 Å². The van der Waals surface area contributed by atoms with Crippen molar-refractivity contribution in [1.29, 1.82) is 0 Å². The SMILES string of the molecule is CN(C)c1ccc(/C=C2/N=C(c3ccc(F)cc3)N(c3ccc(O)cc3)C2=O)cc1. The molecular weight excluding hydrogens is 381 g/mol. The second-order valence-electron chi connectivity index (χ2n) is 7.11. The summed E-state index contributed by atoms with van der Waals surface area (Å²) < 4.78 is 13.4. The number of carbonyl (C=O) groups is 1. The molecule has 0 bridgehead atoms. The van der Waals surface area contributed by atoms with Gasteiger partial charge in [-0.15, -0.1) is 0 Å². The summed E-state index contributed by atoms with van der Waals surface area (Å²) in [5.41, 5.74) is 3.35. The van der Waals surface area contributed by atoms with Crippen molar-refractivity contribution in [2.75, 3.05) is 23.9 Å². The van der Waals surface area contributed by atoms with Gasteiger partial charge in [0.2, 0.25) is 0 Å². The number of halogens is 1. The first-order chi connectivity index (χ1) is 14.4. The number of carbonyl (C=O) groups excluding carboxylic acids is 1. The monoisotopic (exact) mass is 401 g/mol. The first-order valence-electron chi connectivity index (χ1n) is 9.39. The summed E-state index contributed by atoms with van der Waals surface area (Å²) in [6.45, 7) is 0.